The third-order valence-electron chi connectivity index (χ3n) is 5.93. The van der Waals surface area contributed by atoms with Crippen molar-refractivity contribution in [1.82, 2.24) is 19.8 Å². The fourth-order valence-electron chi connectivity index (χ4n) is 3.98. The van der Waals surface area contributed by atoms with Gasteiger partial charge in [0.15, 0.2) is 0 Å². The summed E-state index contributed by atoms with van der Waals surface area (Å²) in [7, 11) is -3.08. The van der Waals surface area contributed by atoms with E-state index in [1.165, 1.54) is 30.6 Å². The van der Waals surface area contributed by atoms with Crippen molar-refractivity contribution in [2.75, 3.05) is 26.1 Å². The highest BCUT2D eigenvalue weighted by atomic mass is 31.2. The van der Waals surface area contributed by atoms with Gasteiger partial charge in [-0.3, -0.25) is 14.2 Å². The SMILES string of the molecule is CCOC(=O)[C@H](C)NP(=O)(N[C@@H](C)C(=O)OC)OC[C@H]1O[C@@](C#N)(c2ccc3c(N)ccnn23)[C@H](O)[C@@H]1O. The van der Waals surface area contributed by atoms with E-state index in [1.54, 1.807) is 19.1 Å². The molecule has 1 fully saturated rings. The number of aliphatic hydroxyl groups excluding tert-OH is 2. The Balaban J connectivity index is 1.86. The molecule has 0 radical (unpaired) electrons. The maximum atomic E-state index is 13.6. The first-order chi connectivity index (χ1) is 17.9. The van der Waals surface area contributed by atoms with E-state index in [-0.39, 0.29) is 12.3 Å². The number of nitrogens with zero attached hydrogens (tertiary/aromatic N) is 3. The molecule has 1 aliphatic rings. The number of methoxy groups -OCH3 is 1. The Morgan fingerprint density at radius 3 is 2.55 bits per heavy atom. The number of rotatable bonds is 11. The summed E-state index contributed by atoms with van der Waals surface area (Å²) in [5.74, 6) is -1.49. The molecule has 2 aromatic rings. The number of hydrogen-bond donors (Lipinski definition) is 5. The number of nitrogens with two attached hydrogens (primary N) is 1. The number of anilines is 1. The molecule has 2 aromatic heterocycles. The molecule has 0 spiro atoms. The van der Waals surface area contributed by atoms with Gasteiger partial charge in [-0.2, -0.15) is 10.4 Å². The van der Waals surface area contributed by atoms with Crippen molar-refractivity contribution in [1.29, 1.82) is 5.26 Å². The third kappa shape index (κ3) is 5.67. The lowest BCUT2D eigenvalue weighted by Gasteiger charge is -2.27. The zero-order valence-corrected chi connectivity index (χ0v) is 22.1. The van der Waals surface area contributed by atoms with Crippen LogP contribution in [0.5, 0.6) is 0 Å². The van der Waals surface area contributed by atoms with Crippen molar-refractivity contribution in [3.05, 3.63) is 30.1 Å². The molecule has 15 nitrogen and oxygen atoms in total. The first kappa shape index (κ1) is 29.5. The van der Waals surface area contributed by atoms with Crippen LogP contribution in [0.1, 0.15) is 26.5 Å². The van der Waals surface area contributed by atoms with E-state index in [2.05, 4.69) is 20.0 Å². The molecule has 0 saturated carbocycles. The summed E-state index contributed by atoms with van der Waals surface area (Å²) in [5, 5.41) is 40.8. The largest absolute Gasteiger partial charge is 0.468 e. The highest BCUT2D eigenvalue weighted by Crippen LogP contribution is 2.44. The normalized spacial score (nSPS) is 26.3. The molecule has 1 saturated heterocycles. The van der Waals surface area contributed by atoms with Crippen LogP contribution in [0.15, 0.2) is 24.4 Å². The van der Waals surface area contributed by atoms with Gasteiger partial charge in [-0.1, -0.05) is 0 Å². The summed E-state index contributed by atoms with van der Waals surface area (Å²) in [6.45, 7) is 3.79. The van der Waals surface area contributed by atoms with Crippen molar-refractivity contribution in [2.45, 2.75) is 56.8 Å². The van der Waals surface area contributed by atoms with Crippen LogP contribution in [-0.2, 0) is 38.5 Å². The van der Waals surface area contributed by atoms with E-state index in [0.29, 0.717) is 11.2 Å². The van der Waals surface area contributed by atoms with Gasteiger partial charge in [0.1, 0.15) is 36.5 Å². The molecule has 3 rings (SSSR count). The first-order valence-corrected chi connectivity index (χ1v) is 13.3. The van der Waals surface area contributed by atoms with Crippen LogP contribution < -0.4 is 15.9 Å². The molecule has 1 unspecified atom stereocenters. The lowest BCUT2D eigenvalue weighted by molar-refractivity contribution is -0.144. The Morgan fingerprint density at radius 1 is 1.29 bits per heavy atom. The maximum Gasteiger partial charge on any atom is 0.342 e. The zero-order valence-electron chi connectivity index (χ0n) is 21.2. The third-order valence-corrected chi connectivity index (χ3v) is 7.90. The summed E-state index contributed by atoms with van der Waals surface area (Å²) in [6, 6.07) is 4.26. The van der Waals surface area contributed by atoms with E-state index < -0.39 is 62.2 Å². The molecule has 0 aromatic carbocycles. The Morgan fingerprint density at radius 2 is 1.95 bits per heavy atom. The number of aromatic nitrogens is 2. The van der Waals surface area contributed by atoms with Gasteiger partial charge in [-0.05, 0) is 39.0 Å². The molecule has 208 valence electrons. The second-order valence-corrected chi connectivity index (χ2v) is 10.4. The predicted octanol–water partition coefficient (Wildman–Crippen LogP) is -0.427. The number of carbonyl (C=O) groups is 2. The van der Waals surface area contributed by atoms with E-state index in [9.17, 15) is 29.6 Å². The summed E-state index contributed by atoms with van der Waals surface area (Å²) < 4.78 is 35.8. The average molecular weight is 554 g/mol. The van der Waals surface area contributed by atoms with Gasteiger partial charge < -0.3 is 34.7 Å². The van der Waals surface area contributed by atoms with Crippen molar-refractivity contribution >= 4 is 30.8 Å². The fourth-order valence-corrected chi connectivity index (χ4v) is 5.80. The van der Waals surface area contributed by atoms with Crippen molar-refractivity contribution < 1.29 is 43.1 Å². The molecular formula is C22H31N6O9P. The topological polar surface area (TPSA) is 220 Å². The molecule has 0 aliphatic carbocycles. The second-order valence-electron chi connectivity index (χ2n) is 8.57. The summed E-state index contributed by atoms with van der Waals surface area (Å²) in [5.41, 5.74) is 4.79. The minimum absolute atomic E-state index is 0.0766. The fraction of sp³-hybridized carbons (Fsp3) is 0.545. The minimum atomic E-state index is -4.22. The zero-order chi connectivity index (χ0) is 28.3. The van der Waals surface area contributed by atoms with Crippen LogP contribution in [0.2, 0.25) is 0 Å². The van der Waals surface area contributed by atoms with Gasteiger partial charge in [0.2, 0.25) is 5.60 Å². The molecular weight excluding hydrogens is 523 g/mol. The molecule has 1 aliphatic heterocycles. The summed E-state index contributed by atoms with van der Waals surface area (Å²) in [6.07, 6.45) is -3.37. The van der Waals surface area contributed by atoms with E-state index >= 15 is 0 Å². The van der Waals surface area contributed by atoms with Gasteiger partial charge in [0, 0.05) is 6.20 Å². The molecule has 7 atom stereocenters. The molecule has 6 N–H and O–H groups in total. The summed E-state index contributed by atoms with van der Waals surface area (Å²) in [4.78, 5) is 24.0. The molecule has 38 heavy (non-hydrogen) atoms. The highest BCUT2D eigenvalue weighted by Gasteiger charge is 2.58. The lowest BCUT2D eigenvalue weighted by atomic mass is 9.92. The van der Waals surface area contributed by atoms with Crippen LogP contribution in [0, 0.1) is 11.3 Å². The first-order valence-electron chi connectivity index (χ1n) is 11.7. The van der Waals surface area contributed by atoms with E-state index in [4.69, 9.17) is 19.7 Å². The second kappa shape index (κ2) is 11.7. The highest BCUT2D eigenvalue weighted by molar-refractivity contribution is 7.54. The van der Waals surface area contributed by atoms with Gasteiger partial charge in [-0.15, -0.1) is 0 Å². The van der Waals surface area contributed by atoms with E-state index in [0.717, 1.165) is 7.11 Å². The van der Waals surface area contributed by atoms with Crippen molar-refractivity contribution in [2.24, 2.45) is 0 Å². The monoisotopic (exact) mass is 554 g/mol. The van der Waals surface area contributed by atoms with E-state index in [1.807, 2.05) is 6.07 Å². The Bertz CT molecular complexity index is 1270. The van der Waals surface area contributed by atoms with Crippen molar-refractivity contribution in [3.63, 3.8) is 0 Å². The lowest BCUT2D eigenvalue weighted by Crippen LogP contribution is -2.43. The average Bonchev–Trinajstić information content (AvgIpc) is 3.43. The van der Waals surface area contributed by atoms with Gasteiger partial charge in [0.25, 0.3) is 0 Å². The Labute approximate surface area is 218 Å². The van der Waals surface area contributed by atoms with Gasteiger partial charge in [0.05, 0.1) is 37.2 Å². The number of nitrogen functional groups attached to an aromatic ring is 1. The quantitative estimate of drug-likeness (QED) is 0.176. The number of aliphatic hydroxyl groups is 2. The number of nitriles is 1. The predicted molar refractivity (Wildman–Crippen MR) is 131 cm³/mol. The number of carbonyl (C=O) groups excluding carboxylic acids is 2. The Kier molecular flexibility index (Phi) is 9.11. The van der Waals surface area contributed by atoms with Gasteiger partial charge in [-0.25, -0.2) is 14.7 Å². The van der Waals surface area contributed by atoms with Gasteiger partial charge >= 0.3 is 19.6 Å². The van der Waals surface area contributed by atoms with Crippen LogP contribution in [0.25, 0.3) is 5.52 Å². The summed E-state index contributed by atoms with van der Waals surface area (Å²) >= 11 is 0. The minimum Gasteiger partial charge on any atom is -0.468 e. The Hall–Kier alpha value is -3.09. The molecule has 16 heteroatoms. The number of nitrogens with one attached hydrogen (secondary N) is 2. The molecule has 3 heterocycles. The number of ether oxygens (including phenoxy) is 3. The van der Waals surface area contributed by atoms with Crippen LogP contribution in [-0.4, -0.2) is 82.5 Å². The van der Waals surface area contributed by atoms with Crippen molar-refractivity contribution in [3.8, 4) is 6.07 Å². The smallest absolute Gasteiger partial charge is 0.342 e. The number of esters is 2. The maximum absolute atomic E-state index is 13.6. The molecule has 0 amide bonds. The number of fused-ring (bicyclic) bond motifs is 1. The van der Waals surface area contributed by atoms with Crippen LogP contribution in [0.4, 0.5) is 5.69 Å². The van der Waals surface area contributed by atoms with Crippen LogP contribution in [0.3, 0.4) is 0 Å². The number of hydrogen-bond acceptors (Lipinski definition) is 12. The van der Waals surface area contributed by atoms with Crippen LogP contribution >= 0.6 is 7.67 Å². The molecule has 0 bridgehead atoms. The standard InChI is InChI=1S/C22H31N6O9P/c1-5-35-21(32)13(3)27-38(33,26-12(2)20(31)34-4)36-10-16-18(29)19(30)22(11-23,37-16)17-7-6-15-14(24)8-9-25-28(15)17/h6-9,12-13,16,18-19,29-30H,5,10,24H2,1-4H3,(H2,26,27,33)/t12-,13-,16+,18+,19+,22-,38?/m0/s1.